The van der Waals surface area contributed by atoms with E-state index < -0.39 is 0 Å². The molecule has 3 heterocycles. The Morgan fingerprint density at radius 2 is 2.06 bits per heavy atom. The van der Waals surface area contributed by atoms with Gasteiger partial charge in [0, 0.05) is 47.9 Å². The Hall–Kier alpha value is -3.26. The molecule has 1 aromatic carbocycles. The summed E-state index contributed by atoms with van der Waals surface area (Å²) in [7, 11) is 1.56. The zero-order valence-corrected chi connectivity index (χ0v) is 18.0. The van der Waals surface area contributed by atoms with E-state index in [1.165, 1.54) is 6.07 Å². The average molecular weight is 433 g/mol. The highest BCUT2D eigenvalue weighted by molar-refractivity contribution is 5.86. The number of nitrogens with two attached hydrogens (primary N) is 1. The largest absolute Gasteiger partial charge is 0.496 e. The van der Waals surface area contributed by atoms with Gasteiger partial charge < -0.3 is 20.1 Å². The molecule has 2 aromatic heterocycles. The van der Waals surface area contributed by atoms with Crippen LogP contribution in [0.3, 0.4) is 0 Å². The topological polar surface area (TPSA) is 86.4 Å². The third kappa shape index (κ3) is 3.01. The molecule has 3 atom stereocenters. The van der Waals surface area contributed by atoms with Crippen molar-refractivity contribution in [2.75, 3.05) is 18.6 Å². The lowest BCUT2D eigenvalue weighted by molar-refractivity contribution is 0.407. The van der Waals surface area contributed by atoms with Crippen LogP contribution >= 0.6 is 0 Å². The molecular weight excluding hydrogens is 409 g/mol. The van der Waals surface area contributed by atoms with E-state index in [4.69, 9.17) is 25.2 Å². The van der Waals surface area contributed by atoms with Crippen molar-refractivity contribution in [3.8, 4) is 28.6 Å². The Morgan fingerprint density at radius 3 is 2.75 bits per heavy atom. The first-order valence-electron chi connectivity index (χ1n) is 10.9. The molecule has 3 aromatic rings. The van der Waals surface area contributed by atoms with Gasteiger partial charge in [-0.25, -0.2) is 4.39 Å². The first-order valence-corrected chi connectivity index (χ1v) is 10.9. The number of hydrogen-bond acceptors (Lipinski definition) is 7. The summed E-state index contributed by atoms with van der Waals surface area (Å²) >= 11 is 0. The molecular formula is C24H24FN5O2. The summed E-state index contributed by atoms with van der Waals surface area (Å²) in [6.07, 6.45) is 4.18. The zero-order chi connectivity index (χ0) is 22.0. The second-order valence-corrected chi connectivity index (χ2v) is 8.90. The van der Waals surface area contributed by atoms with Crippen LogP contribution in [0.4, 0.5) is 10.2 Å². The molecule has 6 rings (SSSR count). The van der Waals surface area contributed by atoms with E-state index in [0.717, 1.165) is 53.3 Å². The van der Waals surface area contributed by atoms with Crippen molar-refractivity contribution in [2.45, 2.75) is 38.3 Å². The number of benzene rings is 1. The Labute approximate surface area is 185 Å². The molecule has 1 saturated carbocycles. The number of pyridine rings is 1. The first-order chi connectivity index (χ1) is 15.5. The second-order valence-electron chi connectivity index (χ2n) is 8.90. The number of aromatic nitrogens is 3. The molecule has 32 heavy (non-hydrogen) atoms. The molecule has 2 aliphatic carbocycles. The van der Waals surface area contributed by atoms with E-state index in [1.807, 2.05) is 19.1 Å². The number of nitrogens with zero attached hydrogens (tertiary/aromatic N) is 4. The van der Waals surface area contributed by atoms with Crippen LogP contribution in [0.1, 0.15) is 29.8 Å². The number of hydrogen-bond donors (Lipinski definition) is 1. The van der Waals surface area contributed by atoms with Crippen LogP contribution < -0.4 is 20.1 Å². The van der Waals surface area contributed by atoms with E-state index in [-0.39, 0.29) is 17.9 Å². The minimum Gasteiger partial charge on any atom is -0.496 e. The minimum absolute atomic E-state index is 0.227. The third-order valence-electron chi connectivity index (χ3n) is 6.91. The highest BCUT2D eigenvalue weighted by atomic mass is 19.1. The SMILES string of the molecule is COc1cc(F)cc2c1Cc1nc(Oc3ccc(C)nc3)nc(N3CC4CC3CC4N)c1-2. The standard InChI is InChI=1S/C24H24FN5O2/c1-12-3-4-16(10-27-12)32-24-28-20-9-17-18(6-14(25)7-21(17)31-2)22(20)23(29-24)30-11-13-5-15(30)8-19(13)26/h3-4,6-7,10,13,15,19H,5,8-9,11,26H2,1-2H3. The number of halogens is 1. The monoisotopic (exact) mass is 433 g/mol. The van der Waals surface area contributed by atoms with Gasteiger partial charge in [-0.15, -0.1) is 0 Å². The summed E-state index contributed by atoms with van der Waals surface area (Å²) in [5.74, 6) is 2.00. The molecule has 3 unspecified atom stereocenters. The van der Waals surface area contributed by atoms with Gasteiger partial charge in [0.25, 0.3) is 0 Å². The fourth-order valence-corrected chi connectivity index (χ4v) is 5.37. The predicted octanol–water partition coefficient (Wildman–Crippen LogP) is 3.62. The maximum Gasteiger partial charge on any atom is 0.324 e. The number of anilines is 1. The van der Waals surface area contributed by atoms with Crippen molar-refractivity contribution < 1.29 is 13.9 Å². The van der Waals surface area contributed by atoms with Crippen molar-refractivity contribution in [1.29, 1.82) is 0 Å². The van der Waals surface area contributed by atoms with Gasteiger partial charge in [0.1, 0.15) is 23.1 Å². The van der Waals surface area contributed by atoms with Gasteiger partial charge in [-0.1, -0.05) is 0 Å². The fraction of sp³-hybridized carbons (Fsp3) is 0.375. The molecule has 2 fully saturated rings. The minimum atomic E-state index is -0.338. The van der Waals surface area contributed by atoms with Crippen LogP contribution in [0.15, 0.2) is 30.5 Å². The number of ether oxygens (including phenoxy) is 2. The Morgan fingerprint density at radius 1 is 1.19 bits per heavy atom. The Kier molecular flexibility index (Phi) is 4.33. The van der Waals surface area contributed by atoms with Gasteiger partial charge >= 0.3 is 6.01 Å². The van der Waals surface area contributed by atoms with Crippen LogP contribution in [0.25, 0.3) is 11.1 Å². The molecule has 0 spiro atoms. The highest BCUT2D eigenvalue weighted by Crippen LogP contribution is 2.49. The second kappa shape index (κ2) is 7.13. The lowest BCUT2D eigenvalue weighted by Crippen LogP contribution is -2.41. The van der Waals surface area contributed by atoms with E-state index in [2.05, 4.69) is 9.88 Å². The van der Waals surface area contributed by atoms with Crippen LogP contribution in [-0.2, 0) is 6.42 Å². The summed E-state index contributed by atoms with van der Waals surface area (Å²) in [5.41, 5.74) is 10.6. The number of fused-ring (bicyclic) bond motifs is 5. The van der Waals surface area contributed by atoms with Crippen molar-refractivity contribution in [1.82, 2.24) is 15.0 Å². The number of methoxy groups -OCH3 is 1. The molecule has 0 radical (unpaired) electrons. The molecule has 8 heteroatoms. The molecule has 0 amide bonds. The van der Waals surface area contributed by atoms with Crippen LogP contribution in [0, 0.1) is 18.7 Å². The van der Waals surface area contributed by atoms with Crippen molar-refractivity contribution in [3.05, 3.63) is 53.2 Å². The summed E-state index contributed by atoms with van der Waals surface area (Å²) in [5, 5.41) is 0. The molecule has 2 bridgehead atoms. The maximum absolute atomic E-state index is 14.4. The van der Waals surface area contributed by atoms with E-state index in [0.29, 0.717) is 29.9 Å². The van der Waals surface area contributed by atoms with Gasteiger partial charge in [-0.3, -0.25) is 4.98 Å². The van der Waals surface area contributed by atoms with Gasteiger partial charge in [-0.05, 0) is 49.4 Å². The lowest BCUT2D eigenvalue weighted by atomic mass is 10.0. The van der Waals surface area contributed by atoms with Gasteiger partial charge in [0.05, 0.1) is 19.0 Å². The first kappa shape index (κ1) is 19.4. The van der Waals surface area contributed by atoms with Crippen LogP contribution in [-0.4, -0.2) is 40.7 Å². The molecule has 164 valence electrons. The van der Waals surface area contributed by atoms with Crippen molar-refractivity contribution >= 4 is 5.82 Å². The van der Waals surface area contributed by atoms with Gasteiger partial charge in [0.15, 0.2) is 0 Å². The van der Waals surface area contributed by atoms with E-state index in [9.17, 15) is 4.39 Å². The van der Waals surface area contributed by atoms with E-state index >= 15 is 0 Å². The molecule has 7 nitrogen and oxygen atoms in total. The predicted molar refractivity (Wildman–Crippen MR) is 118 cm³/mol. The summed E-state index contributed by atoms with van der Waals surface area (Å²) in [6.45, 7) is 2.76. The quantitative estimate of drug-likeness (QED) is 0.526. The molecule has 2 N–H and O–H groups in total. The molecule has 1 saturated heterocycles. The smallest absolute Gasteiger partial charge is 0.324 e. The average Bonchev–Trinajstić information content (AvgIpc) is 3.46. The zero-order valence-electron chi connectivity index (χ0n) is 18.0. The maximum atomic E-state index is 14.4. The third-order valence-corrected chi connectivity index (χ3v) is 6.91. The summed E-state index contributed by atoms with van der Waals surface area (Å²) in [6, 6.07) is 7.53. The molecule has 3 aliphatic rings. The Bertz CT molecular complexity index is 1210. The number of piperidine rings is 1. The number of rotatable bonds is 4. The normalized spacial score (nSPS) is 22.8. The van der Waals surface area contributed by atoms with Crippen molar-refractivity contribution in [2.24, 2.45) is 11.7 Å². The van der Waals surface area contributed by atoms with Crippen LogP contribution in [0.2, 0.25) is 0 Å². The summed E-state index contributed by atoms with van der Waals surface area (Å²) < 4.78 is 25.9. The Balaban J connectivity index is 1.48. The number of aryl methyl sites for hydroxylation is 1. The van der Waals surface area contributed by atoms with Crippen molar-refractivity contribution in [3.63, 3.8) is 0 Å². The van der Waals surface area contributed by atoms with Gasteiger partial charge in [0.2, 0.25) is 0 Å². The lowest BCUT2D eigenvalue weighted by Gasteiger charge is -2.32. The van der Waals surface area contributed by atoms with Gasteiger partial charge in [-0.2, -0.15) is 9.97 Å². The fourth-order valence-electron chi connectivity index (χ4n) is 5.37. The van der Waals surface area contributed by atoms with E-state index in [1.54, 1.807) is 19.4 Å². The highest BCUT2D eigenvalue weighted by Gasteiger charge is 2.45. The molecule has 1 aliphatic heterocycles. The summed E-state index contributed by atoms with van der Waals surface area (Å²) in [4.78, 5) is 16.1. The van der Waals surface area contributed by atoms with Crippen LogP contribution in [0.5, 0.6) is 17.5 Å².